The Bertz CT molecular complexity index is 580. The first-order chi connectivity index (χ1) is 9.38. The first-order valence-corrected chi connectivity index (χ1v) is 8.21. The molecule has 1 aromatic carbocycles. The SMILES string of the molecule is CNC(Cc1nc2ccccc2s1)C1C(C)(C)C1(C)C. The summed E-state index contributed by atoms with van der Waals surface area (Å²) in [6.45, 7) is 9.56. The number of para-hydroxylation sites is 1. The molecule has 1 unspecified atom stereocenters. The molecule has 3 rings (SSSR count). The van der Waals surface area contributed by atoms with Crippen molar-refractivity contribution >= 4 is 21.6 Å². The molecule has 0 radical (unpaired) electrons. The minimum absolute atomic E-state index is 0.414. The Morgan fingerprint density at radius 1 is 1.20 bits per heavy atom. The topological polar surface area (TPSA) is 24.9 Å². The molecule has 0 spiro atoms. The Labute approximate surface area is 125 Å². The Morgan fingerprint density at radius 2 is 1.85 bits per heavy atom. The highest BCUT2D eigenvalue weighted by atomic mass is 32.1. The van der Waals surface area contributed by atoms with Crippen LogP contribution in [0.15, 0.2) is 24.3 Å². The molecular formula is C17H24N2S. The number of hydrogen-bond acceptors (Lipinski definition) is 3. The maximum Gasteiger partial charge on any atom is 0.0954 e. The molecule has 1 saturated carbocycles. The highest BCUT2D eigenvalue weighted by Gasteiger charge is 2.66. The summed E-state index contributed by atoms with van der Waals surface area (Å²) in [5.74, 6) is 0.715. The zero-order valence-electron chi connectivity index (χ0n) is 13.0. The smallest absolute Gasteiger partial charge is 0.0954 e. The quantitative estimate of drug-likeness (QED) is 0.916. The minimum Gasteiger partial charge on any atom is -0.316 e. The van der Waals surface area contributed by atoms with E-state index in [1.54, 1.807) is 0 Å². The molecule has 0 aliphatic heterocycles. The highest BCUT2D eigenvalue weighted by Crippen LogP contribution is 2.69. The molecule has 0 saturated heterocycles. The summed E-state index contributed by atoms with van der Waals surface area (Å²) in [6.07, 6.45) is 1.04. The second-order valence-electron chi connectivity index (χ2n) is 7.10. The summed E-state index contributed by atoms with van der Waals surface area (Å²) in [6, 6.07) is 8.94. The molecule has 1 atom stereocenters. The van der Waals surface area contributed by atoms with Gasteiger partial charge in [0, 0.05) is 12.5 Å². The van der Waals surface area contributed by atoms with Crippen LogP contribution in [0, 0.1) is 16.7 Å². The second-order valence-corrected chi connectivity index (χ2v) is 8.21. The van der Waals surface area contributed by atoms with Crippen molar-refractivity contribution in [1.29, 1.82) is 0 Å². The number of hydrogen-bond donors (Lipinski definition) is 1. The molecule has 1 heterocycles. The van der Waals surface area contributed by atoms with Crippen LogP contribution in [0.4, 0.5) is 0 Å². The van der Waals surface area contributed by atoms with Crippen molar-refractivity contribution in [2.45, 2.75) is 40.2 Å². The molecule has 1 aliphatic carbocycles. The average molecular weight is 288 g/mol. The molecule has 1 N–H and O–H groups in total. The molecule has 0 amide bonds. The van der Waals surface area contributed by atoms with Gasteiger partial charge in [0.1, 0.15) is 0 Å². The van der Waals surface area contributed by atoms with E-state index in [9.17, 15) is 0 Å². The van der Waals surface area contributed by atoms with Gasteiger partial charge in [0.2, 0.25) is 0 Å². The van der Waals surface area contributed by atoms with E-state index < -0.39 is 0 Å². The van der Waals surface area contributed by atoms with E-state index >= 15 is 0 Å². The lowest BCUT2D eigenvalue weighted by Crippen LogP contribution is -2.32. The van der Waals surface area contributed by atoms with Gasteiger partial charge in [0.25, 0.3) is 0 Å². The van der Waals surface area contributed by atoms with Crippen molar-refractivity contribution in [2.24, 2.45) is 16.7 Å². The van der Waals surface area contributed by atoms with Crippen LogP contribution in [0.25, 0.3) is 10.2 Å². The van der Waals surface area contributed by atoms with E-state index in [0.717, 1.165) is 11.9 Å². The predicted molar refractivity (Wildman–Crippen MR) is 87.2 cm³/mol. The summed E-state index contributed by atoms with van der Waals surface area (Å²) >= 11 is 1.84. The second kappa shape index (κ2) is 4.54. The van der Waals surface area contributed by atoms with Gasteiger partial charge in [-0.15, -0.1) is 11.3 Å². The van der Waals surface area contributed by atoms with Crippen molar-refractivity contribution in [1.82, 2.24) is 10.3 Å². The Balaban J connectivity index is 1.82. The largest absolute Gasteiger partial charge is 0.316 e. The number of fused-ring (bicyclic) bond motifs is 1. The molecule has 2 aromatic rings. The first-order valence-electron chi connectivity index (χ1n) is 7.39. The zero-order valence-corrected chi connectivity index (χ0v) is 13.8. The van der Waals surface area contributed by atoms with E-state index in [4.69, 9.17) is 4.98 Å². The lowest BCUT2D eigenvalue weighted by Gasteiger charge is -2.17. The fourth-order valence-electron chi connectivity index (χ4n) is 3.84. The van der Waals surface area contributed by atoms with E-state index in [-0.39, 0.29) is 0 Å². The van der Waals surface area contributed by atoms with Crippen LogP contribution >= 0.6 is 11.3 Å². The summed E-state index contributed by atoms with van der Waals surface area (Å²) in [7, 11) is 2.09. The van der Waals surface area contributed by atoms with Gasteiger partial charge < -0.3 is 5.32 Å². The Morgan fingerprint density at radius 3 is 2.40 bits per heavy atom. The van der Waals surface area contributed by atoms with Gasteiger partial charge in [-0.25, -0.2) is 4.98 Å². The normalized spacial score (nSPS) is 22.1. The predicted octanol–water partition coefficient (Wildman–Crippen LogP) is 4.11. The molecule has 1 fully saturated rings. The van der Waals surface area contributed by atoms with E-state index in [1.807, 2.05) is 11.3 Å². The summed E-state index contributed by atoms with van der Waals surface area (Å²) in [4.78, 5) is 4.78. The van der Waals surface area contributed by atoms with Gasteiger partial charge in [-0.05, 0) is 35.9 Å². The average Bonchev–Trinajstić information content (AvgIpc) is 2.73. The van der Waals surface area contributed by atoms with E-state index in [2.05, 4.69) is 64.3 Å². The standard InChI is InChI=1S/C17H24N2S/c1-16(2)15(17(16,3)4)12(18-5)10-14-19-11-8-6-7-9-13(11)20-14/h6-9,12,15,18H,10H2,1-5H3. The number of nitrogens with one attached hydrogen (secondary N) is 1. The third kappa shape index (κ3) is 1.99. The lowest BCUT2D eigenvalue weighted by molar-refractivity contribution is 0.421. The van der Waals surface area contributed by atoms with Crippen molar-refractivity contribution in [3.05, 3.63) is 29.3 Å². The molecule has 1 aromatic heterocycles. The summed E-state index contributed by atoms with van der Waals surface area (Å²) in [5, 5.41) is 4.79. The third-order valence-corrected chi connectivity index (χ3v) is 6.70. The number of thiazole rings is 1. The molecule has 3 heteroatoms. The number of rotatable bonds is 4. The molecular weight excluding hydrogens is 264 g/mol. The van der Waals surface area contributed by atoms with Crippen LogP contribution in [-0.2, 0) is 6.42 Å². The van der Waals surface area contributed by atoms with Crippen molar-refractivity contribution in [3.63, 3.8) is 0 Å². The highest BCUT2D eigenvalue weighted by molar-refractivity contribution is 7.18. The first kappa shape index (κ1) is 14.0. The maximum absolute atomic E-state index is 4.78. The van der Waals surface area contributed by atoms with Crippen molar-refractivity contribution in [3.8, 4) is 0 Å². The number of likely N-dealkylation sites (N-methyl/N-ethyl adjacent to an activating group) is 1. The van der Waals surface area contributed by atoms with Crippen LogP contribution in [0.3, 0.4) is 0 Å². The monoisotopic (exact) mass is 288 g/mol. The summed E-state index contributed by atoms with van der Waals surface area (Å²) in [5.41, 5.74) is 1.96. The van der Waals surface area contributed by atoms with Crippen LogP contribution in [0.1, 0.15) is 32.7 Å². The molecule has 20 heavy (non-hydrogen) atoms. The van der Waals surface area contributed by atoms with Gasteiger partial charge in [-0.1, -0.05) is 39.8 Å². The van der Waals surface area contributed by atoms with Crippen LogP contribution in [0.5, 0.6) is 0 Å². The number of benzene rings is 1. The number of aromatic nitrogens is 1. The van der Waals surface area contributed by atoms with Gasteiger partial charge in [0.15, 0.2) is 0 Å². The van der Waals surface area contributed by atoms with Gasteiger partial charge in [-0.3, -0.25) is 0 Å². The molecule has 2 nitrogen and oxygen atoms in total. The van der Waals surface area contributed by atoms with Gasteiger partial charge in [0.05, 0.1) is 15.2 Å². The van der Waals surface area contributed by atoms with E-state index in [0.29, 0.717) is 22.8 Å². The lowest BCUT2D eigenvalue weighted by atomic mass is 10.0. The fraction of sp³-hybridized carbons (Fsp3) is 0.588. The molecule has 1 aliphatic rings. The molecule has 108 valence electrons. The van der Waals surface area contributed by atoms with Gasteiger partial charge in [-0.2, -0.15) is 0 Å². The minimum atomic E-state index is 0.414. The van der Waals surface area contributed by atoms with E-state index in [1.165, 1.54) is 9.71 Å². The van der Waals surface area contributed by atoms with Crippen LogP contribution in [-0.4, -0.2) is 18.1 Å². The zero-order chi connectivity index (χ0) is 14.5. The Kier molecular flexibility index (Phi) is 3.18. The maximum atomic E-state index is 4.78. The van der Waals surface area contributed by atoms with Gasteiger partial charge >= 0.3 is 0 Å². The number of nitrogens with zero attached hydrogens (tertiary/aromatic N) is 1. The van der Waals surface area contributed by atoms with Crippen molar-refractivity contribution in [2.75, 3.05) is 7.05 Å². The summed E-state index contributed by atoms with van der Waals surface area (Å²) < 4.78 is 1.30. The molecule has 0 bridgehead atoms. The fourth-order valence-corrected chi connectivity index (χ4v) is 4.86. The Hall–Kier alpha value is -0.930. The third-order valence-electron chi connectivity index (χ3n) is 5.64. The van der Waals surface area contributed by atoms with Crippen molar-refractivity contribution < 1.29 is 0 Å². The van der Waals surface area contributed by atoms with Crippen LogP contribution in [0.2, 0.25) is 0 Å². The van der Waals surface area contributed by atoms with Crippen LogP contribution < -0.4 is 5.32 Å².